The average Bonchev–Trinajstić information content (AvgIpc) is 3.24. The van der Waals surface area contributed by atoms with Gasteiger partial charge in [0.2, 0.25) is 5.91 Å². The van der Waals surface area contributed by atoms with Crippen molar-refractivity contribution in [3.05, 3.63) is 78.0 Å². The topological polar surface area (TPSA) is 102 Å². The van der Waals surface area contributed by atoms with E-state index in [1.807, 2.05) is 36.4 Å². The smallest absolute Gasteiger partial charge is 0.249 e. The molecule has 0 spiro atoms. The third-order valence-corrected chi connectivity index (χ3v) is 4.78. The van der Waals surface area contributed by atoms with Gasteiger partial charge in [0.1, 0.15) is 23.1 Å². The van der Waals surface area contributed by atoms with Crippen molar-refractivity contribution in [2.24, 2.45) is 0 Å². The van der Waals surface area contributed by atoms with Crippen LogP contribution in [-0.4, -0.2) is 34.9 Å². The summed E-state index contributed by atoms with van der Waals surface area (Å²) in [5.41, 5.74) is 1.68. The number of hydrogen-bond donors (Lipinski definition) is 1. The number of benzene rings is 2. The van der Waals surface area contributed by atoms with Crippen molar-refractivity contribution in [2.45, 2.75) is 0 Å². The maximum atomic E-state index is 12.7. The Kier molecular flexibility index (Phi) is 5.81. The normalized spacial score (nSPS) is 10.8. The summed E-state index contributed by atoms with van der Waals surface area (Å²) in [4.78, 5) is 17.2. The number of fused-ring (bicyclic) bond motifs is 1. The van der Waals surface area contributed by atoms with Crippen LogP contribution in [0, 0.1) is 11.3 Å². The lowest BCUT2D eigenvalue weighted by Gasteiger charge is -2.09. The average molecular weight is 425 g/mol. The van der Waals surface area contributed by atoms with Crippen LogP contribution in [0.3, 0.4) is 0 Å². The maximum absolute atomic E-state index is 12.7. The Morgan fingerprint density at radius 2 is 1.97 bits per heavy atom. The minimum Gasteiger partial charge on any atom is -0.497 e. The molecule has 4 rings (SSSR count). The van der Waals surface area contributed by atoms with Crippen LogP contribution < -0.4 is 14.8 Å². The van der Waals surface area contributed by atoms with Crippen LogP contribution >= 0.6 is 0 Å². The summed E-state index contributed by atoms with van der Waals surface area (Å²) in [5.74, 6) is 1.52. The monoisotopic (exact) mass is 425 g/mol. The Hall–Kier alpha value is -4.64. The summed E-state index contributed by atoms with van der Waals surface area (Å²) in [5, 5.41) is 17.4. The number of amides is 1. The molecule has 0 saturated carbocycles. The Morgan fingerprint density at radius 1 is 1.12 bits per heavy atom. The minimum atomic E-state index is -0.436. The van der Waals surface area contributed by atoms with Crippen LogP contribution in [0.1, 0.15) is 11.1 Å². The molecule has 0 unspecified atom stereocenters. The van der Waals surface area contributed by atoms with E-state index in [9.17, 15) is 10.1 Å². The number of para-hydroxylation sites is 1. The summed E-state index contributed by atoms with van der Waals surface area (Å²) < 4.78 is 12.0. The number of nitrogens with zero attached hydrogens (tertiary/aromatic N) is 4. The highest BCUT2D eigenvalue weighted by molar-refractivity contribution is 6.02. The molecule has 2 aromatic heterocycles. The molecule has 0 aliphatic heterocycles. The van der Waals surface area contributed by atoms with Gasteiger partial charge in [-0.25, -0.2) is 4.98 Å². The summed E-state index contributed by atoms with van der Waals surface area (Å²) >= 11 is 0. The molecule has 4 aromatic rings. The molecule has 0 aliphatic rings. The number of rotatable bonds is 6. The third-order valence-electron chi connectivity index (χ3n) is 4.78. The van der Waals surface area contributed by atoms with Crippen LogP contribution in [0.25, 0.3) is 22.8 Å². The van der Waals surface area contributed by atoms with E-state index >= 15 is 0 Å². The molecule has 8 heteroatoms. The van der Waals surface area contributed by atoms with Crippen molar-refractivity contribution in [1.29, 1.82) is 5.26 Å². The number of hydrogen-bond acceptors (Lipinski definition) is 6. The van der Waals surface area contributed by atoms with E-state index < -0.39 is 5.91 Å². The lowest BCUT2D eigenvalue weighted by molar-refractivity contribution is -0.111. The molecular formula is C24H19N5O3. The standard InChI is InChI=1S/C24H19N5O3/c1-31-19-9-10-21(32-2)17(13-19)8-12-23(30)28-24-18(14-25)15-26-29(24)22-11-7-16-5-3-4-6-20(16)27-22/h3-13,15H,1-2H3,(H,28,30)/b12-8+. The molecule has 8 nitrogen and oxygen atoms in total. The molecule has 0 saturated heterocycles. The fourth-order valence-corrected chi connectivity index (χ4v) is 3.19. The Labute approximate surface area is 184 Å². The Bertz CT molecular complexity index is 1370. The predicted molar refractivity (Wildman–Crippen MR) is 121 cm³/mol. The van der Waals surface area contributed by atoms with Gasteiger partial charge in [-0.1, -0.05) is 18.2 Å². The molecule has 2 heterocycles. The lowest BCUT2D eigenvalue weighted by Crippen LogP contribution is -2.14. The number of pyridine rings is 1. The molecule has 1 N–H and O–H groups in total. The van der Waals surface area contributed by atoms with E-state index in [0.717, 1.165) is 10.9 Å². The van der Waals surface area contributed by atoms with Crippen molar-refractivity contribution in [1.82, 2.24) is 14.8 Å². The fourth-order valence-electron chi connectivity index (χ4n) is 3.19. The first kappa shape index (κ1) is 20.6. The first-order chi connectivity index (χ1) is 15.6. The molecule has 2 aromatic carbocycles. The SMILES string of the molecule is COc1ccc(OC)c(/C=C/C(=O)Nc2c(C#N)cnn2-c2ccc3ccccc3n2)c1. The quantitative estimate of drug-likeness (QED) is 0.469. The lowest BCUT2D eigenvalue weighted by atomic mass is 10.1. The molecule has 0 bridgehead atoms. The van der Waals surface area contributed by atoms with Crippen LogP contribution in [0.5, 0.6) is 11.5 Å². The molecule has 158 valence electrons. The molecule has 0 aliphatic carbocycles. The van der Waals surface area contributed by atoms with Gasteiger partial charge in [0.05, 0.1) is 25.9 Å². The van der Waals surface area contributed by atoms with Gasteiger partial charge in [-0.15, -0.1) is 0 Å². The van der Waals surface area contributed by atoms with Gasteiger partial charge >= 0.3 is 0 Å². The number of carbonyl (C=O) groups excluding carboxylic acids is 1. The van der Waals surface area contributed by atoms with Gasteiger partial charge in [-0.3, -0.25) is 4.79 Å². The summed E-state index contributed by atoms with van der Waals surface area (Å²) in [6.07, 6.45) is 4.35. The van der Waals surface area contributed by atoms with E-state index in [1.54, 1.807) is 44.6 Å². The van der Waals surface area contributed by atoms with Crippen LogP contribution in [0.2, 0.25) is 0 Å². The van der Waals surface area contributed by atoms with Gasteiger partial charge in [0.25, 0.3) is 0 Å². The zero-order valence-corrected chi connectivity index (χ0v) is 17.4. The zero-order chi connectivity index (χ0) is 22.5. The predicted octanol–water partition coefficient (Wildman–Crippen LogP) is 3.96. The number of carbonyl (C=O) groups is 1. The second kappa shape index (κ2) is 9.02. The van der Waals surface area contributed by atoms with Gasteiger partial charge in [0.15, 0.2) is 11.6 Å². The highest BCUT2D eigenvalue weighted by atomic mass is 16.5. The van der Waals surface area contributed by atoms with E-state index in [1.165, 1.54) is 17.0 Å². The number of aromatic nitrogens is 3. The highest BCUT2D eigenvalue weighted by Gasteiger charge is 2.15. The van der Waals surface area contributed by atoms with Crippen molar-refractivity contribution in [3.63, 3.8) is 0 Å². The zero-order valence-electron chi connectivity index (χ0n) is 17.4. The van der Waals surface area contributed by atoms with E-state index in [-0.39, 0.29) is 11.4 Å². The van der Waals surface area contributed by atoms with Gasteiger partial charge in [0, 0.05) is 17.0 Å². The molecule has 0 atom stereocenters. The van der Waals surface area contributed by atoms with E-state index in [2.05, 4.69) is 15.4 Å². The third kappa shape index (κ3) is 4.13. The summed E-state index contributed by atoms with van der Waals surface area (Å²) in [6.45, 7) is 0. The Balaban J connectivity index is 1.63. The van der Waals surface area contributed by atoms with Gasteiger partial charge in [-0.05, 0) is 42.5 Å². The van der Waals surface area contributed by atoms with Crippen LogP contribution in [0.15, 0.2) is 66.9 Å². The number of methoxy groups -OCH3 is 2. The van der Waals surface area contributed by atoms with Crippen LogP contribution in [0.4, 0.5) is 5.82 Å². The molecule has 32 heavy (non-hydrogen) atoms. The number of nitriles is 1. The second-order valence-corrected chi connectivity index (χ2v) is 6.72. The number of ether oxygens (including phenoxy) is 2. The maximum Gasteiger partial charge on any atom is 0.249 e. The molecule has 0 radical (unpaired) electrons. The van der Waals surface area contributed by atoms with Crippen molar-refractivity contribution in [3.8, 4) is 23.4 Å². The largest absolute Gasteiger partial charge is 0.497 e. The van der Waals surface area contributed by atoms with Gasteiger partial charge < -0.3 is 14.8 Å². The highest BCUT2D eigenvalue weighted by Crippen LogP contribution is 2.25. The molecule has 1 amide bonds. The van der Waals surface area contributed by atoms with E-state index in [0.29, 0.717) is 22.9 Å². The molecule has 0 fully saturated rings. The number of anilines is 1. The fraction of sp³-hybridized carbons (Fsp3) is 0.0833. The number of nitrogens with one attached hydrogen (secondary N) is 1. The van der Waals surface area contributed by atoms with Gasteiger partial charge in [-0.2, -0.15) is 15.0 Å². The molecular weight excluding hydrogens is 406 g/mol. The first-order valence-corrected chi connectivity index (χ1v) is 9.68. The summed E-state index contributed by atoms with van der Waals surface area (Å²) in [7, 11) is 3.11. The first-order valence-electron chi connectivity index (χ1n) is 9.68. The van der Waals surface area contributed by atoms with Crippen molar-refractivity contribution < 1.29 is 14.3 Å². The Morgan fingerprint density at radius 3 is 2.75 bits per heavy atom. The summed E-state index contributed by atoms with van der Waals surface area (Å²) in [6, 6.07) is 18.7. The van der Waals surface area contributed by atoms with Crippen molar-refractivity contribution >= 4 is 28.7 Å². The second-order valence-electron chi connectivity index (χ2n) is 6.72. The van der Waals surface area contributed by atoms with Crippen molar-refractivity contribution in [2.75, 3.05) is 19.5 Å². The van der Waals surface area contributed by atoms with E-state index in [4.69, 9.17) is 9.47 Å². The minimum absolute atomic E-state index is 0.223. The van der Waals surface area contributed by atoms with Crippen LogP contribution in [-0.2, 0) is 4.79 Å².